The second-order valence-electron chi connectivity index (χ2n) is 6.23. The molecule has 0 saturated heterocycles. The van der Waals surface area contributed by atoms with Crippen LogP contribution in [0.1, 0.15) is 44.0 Å². The monoisotopic (exact) mass is 366 g/mol. The Morgan fingerprint density at radius 1 is 1.00 bits per heavy atom. The molecule has 0 aliphatic heterocycles. The third-order valence-electron chi connectivity index (χ3n) is 4.24. The van der Waals surface area contributed by atoms with E-state index in [1.54, 1.807) is 26.0 Å². The van der Waals surface area contributed by atoms with Crippen LogP contribution in [0.25, 0.3) is 11.1 Å². The molecule has 1 N–H and O–H groups in total. The van der Waals surface area contributed by atoms with E-state index < -0.39 is 5.92 Å². The molecule has 5 heteroatoms. The average molecular weight is 366 g/mol. The van der Waals surface area contributed by atoms with E-state index in [4.69, 9.17) is 4.74 Å². The number of carbonyl (C=O) groups is 2. The lowest BCUT2D eigenvalue weighted by molar-refractivity contribution is -0.145. The van der Waals surface area contributed by atoms with E-state index in [2.05, 4.69) is 10.5 Å². The molecule has 1 atom stereocenters. The fraction of sp³-hybridized carbons (Fsp3) is 0.318. The minimum atomic E-state index is -0.435. The van der Waals surface area contributed by atoms with Crippen molar-refractivity contribution >= 4 is 17.6 Å². The van der Waals surface area contributed by atoms with Crippen LogP contribution in [0.2, 0.25) is 0 Å². The molecule has 0 aliphatic carbocycles. The van der Waals surface area contributed by atoms with Crippen molar-refractivity contribution < 1.29 is 14.3 Å². The lowest BCUT2D eigenvalue weighted by Gasteiger charge is -2.14. The van der Waals surface area contributed by atoms with Crippen molar-refractivity contribution in [1.82, 2.24) is 5.43 Å². The Morgan fingerprint density at radius 3 is 2.22 bits per heavy atom. The van der Waals surface area contributed by atoms with E-state index in [0.717, 1.165) is 17.5 Å². The summed E-state index contributed by atoms with van der Waals surface area (Å²) < 4.78 is 5.09. The Labute approximate surface area is 160 Å². The maximum absolute atomic E-state index is 12.3. The maximum atomic E-state index is 12.3. The van der Waals surface area contributed by atoms with Crippen molar-refractivity contribution in [1.29, 1.82) is 0 Å². The SMILES string of the molecule is CCC[C@H](C(=O)OCC)/C(C)=N\NC(=O)c1ccc(-c2ccccc2)cc1. The highest BCUT2D eigenvalue weighted by Crippen LogP contribution is 2.19. The molecule has 0 heterocycles. The van der Waals surface area contributed by atoms with Gasteiger partial charge in [-0.2, -0.15) is 5.10 Å². The average Bonchev–Trinajstić information content (AvgIpc) is 2.71. The number of nitrogens with one attached hydrogen (secondary N) is 1. The Balaban J connectivity index is 2.05. The predicted molar refractivity (Wildman–Crippen MR) is 107 cm³/mol. The van der Waals surface area contributed by atoms with Gasteiger partial charge in [-0.05, 0) is 43.5 Å². The molecule has 0 radical (unpaired) electrons. The summed E-state index contributed by atoms with van der Waals surface area (Å²) in [6, 6.07) is 17.3. The summed E-state index contributed by atoms with van der Waals surface area (Å²) in [4.78, 5) is 24.4. The number of hydrogen-bond donors (Lipinski definition) is 1. The third-order valence-corrected chi connectivity index (χ3v) is 4.24. The van der Waals surface area contributed by atoms with Crippen LogP contribution < -0.4 is 5.43 Å². The van der Waals surface area contributed by atoms with Crippen molar-refractivity contribution in [3.63, 3.8) is 0 Å². The zero-order valence-corrected chi connectivity index (χ0v) is 16.1. The zero-order chi connectivity index (χ0) is 19.6. The fourth-order valence-electron chi connectivity index (χ4n) is 2.75. The van der Waals surface area contributed by atoms with Gasteiger partial charge in [0.25, 0.3) is 5.91 Å². The number of hydrogen-bond acceptors (Lipinski definition) is 4. The Morgan fingerprint density at radius 2 is 1.63 bits per heavy atom. The fourth-order valence-corrected chi connectivity index (χ4v) is 2.75. The largest absolute Gasteiger partial charge is 0.465 e. The van der Waals surface area contributed by atoms with Crippen LogP contribution in [0.3, 0.4) is 0 Å². The summed E-state index contributed by atoms with van der Waals surface area (Å²) in [6.07, 6.45) is 1.46. The Kier molecular flexibility index (Phi) is 7.74. The van der Waals surface area contributed by atoms with Gasteiger partial charge in [-0.15, -0.1) is 0 Å². The van der Waals surface area contributed by atoms with Crippen LogP contribution in [-0.2, 0) is 9.53 Å². The maximum Gasteiger partial charge on any atom is 0.314 e. The predicted octanol–water partition coefficient (Wildman–Crippen LogP) is 4.44. The van der Waals surface area contributed by atoms with Crippen molar-refractivity contribution in [3.05, 3.63) is 60.2 Å². The number of esters is 1. The summed E-state index contributed by atoms with van der Waals surface area (Å²) in [5, 5.41) is 4.12. The Bertz CT molecular complexity index is 783. The molecule has 2 rings (SSSR count). The second kappa shape index (κ2) is 10.3. The van der Waals surface area contributed by atoms with Crippen molar-refractivity contribution in [2.75, 3.05) is 6.61 Å². The first-order chi connectivity index (χ1) is 13.1. The summed E-state index contributed by atoms with van der Waals surface area (Å²) >= 11 is 0. The van der Waals surface area contributed by atoms with Crippen LogP contribution in [0.5, 0.6) is 0 Å². The normalized spacial score (nSPS) is 12.3. The van der Waals surface area contributed by atoms with Gasteiger partial charge >= 0.3 is 5.97 Å². The van der Waals surface area contributed by atoms with Gasteiger partial charge in [-0.1, -0.05) is 55.8 Å². The number of nitrogens with zero attached hydrogens (tertiary/aromatic N) is 1. The van der Waals surface area contributed by atoms with E-state index in [1.807, 2.05) is 49.4 Å². The number of rotatable bonds is 8. The molecule has 1 amide bonds. The van der Waals surface area contributed by atoms with E-state index in [1.165, 1.54) is 0 Å². The van der Waals surface area contributed by atoms with Crippen LogP contribution in [0.15, 0.2) is 59.7 Å². The topological polar surface area (TPSA) is 67.8 Å². The first-order valence-electron chi connectivity index (χ1n) is 9.23. The molecule has 0 aromatic heterocycles. The highest BCUT2D eigenvalue weighted by atomic mass is 16.5. The molecular formula is C22H26N2O3. The van der Waals surface area contributed by atoms with Gasteiger partial charge in [0.05, 0.1) is 12.5 Å². The molecule has 2 aromatic rings. The summed E-state index contributed by atoms with van der Waals surface area (Å²) in [6.45, 7) is 5.82. The number of carbonyl (C=O) groups excluding carboxylic acids is 2. The van der Waals surface area contributed by atoms with Gasteiger partial charge in [-0.25, -0.2) is 5.43 Å². The van der Waals surface area contributed by atoms with Gasteiger partial charge in [-0.3, -0.25) is 9.59 Å². The zero-order valence-electron chi connectivity index (χ0n) is 16.1. The summed E-state index contributed by atoms with van der Waals surface area (Å²) in [7, 11) is 0. The van der Waals surface area contributed by atoms with Gasteiger partial charge in [0.2, 0.25) is 0 Å². The van der Waals surface area contributed by atoms with E-state index in [9.17, 15) is 9.59 Å². The standard InChI is InChI=1S/C22H26N2O3/c1-4-9-20(22(26)27-5-2)16(3)23-24-21(25)19-14-12-18(13-15-19)17-10-7-6-8-11-17/h6-8,10-15,20H,4-5,9H2,1-3H3,(H,24,25)/b23-16-/t20-/m0/s1. The van der Waals surface area contributed by atoms with Crippen molar-refractivity contribution in [2.45, 2.75) is 33.6 Å². The molecule has 2 aromatic carbocycles. The van der Waals surface area contributed by atoms with Crippen LogP contribution in [-0.4, -0.2) is 24.2 Å². The molecular weight excluding hydrogens is 340 g/mol. The van der Waals surface area contributed by atoms with Gasteiger partial charge in [0.15, 0.2) is 0 Å². The third kappa shape index (κ3) is 5.78. The lowest BCUT2D eigenvalue weighted by atomic mass is 9.99. The van der Waals surface area contributed by atoms with Crippen molar-refractivity contribution in [2.24, 2.45) is 11.0 Å². The minimum absolute atomic E-state index is 0.304. The summed E-state index contributed by atoms with van der Waals surface area (Å²) in [5.74, 6) is -1.05. The molecule has 27 heavy (non-hydrogen) atoms. The highest BCUT2D eigenvalue weighted by Gasteiger charge is 2.22. The number of hydrazone groups is 1. The van der Waals surface area contributed by atoms with E-state index in [-0.39, 0.29) is 11.9 Å². The molecule has 0 bridgehead atoms. The van der Waals surface area contributed by atoms with Gasteiger partial charge in [0, 0.05) is 11.3 Å². The van der Waals surface area contributed by atoms with Crippen molar-refractivity contribution in [3.8, 4) is 11.1 Å². The van der Waals surface area contributed by atoms with Crippen LogP contribution in [0.4, 0.5) is 0 Å². The molecule has 142 valence electrons. The molecule has 0 saturated carbocycles. The smallest absolute Gasteiger partial charge is 0.314 e. The number of amides is 1. The second-order valence-corrected chi connectivity index (χ2v) is 6.23. The molecule has 0 aliphatic rings. The van der Waals surface area contributed by atoms with E-state index in [0.29, 0.717) is 24.3 Å². The molecule has 0 fully saturated rings. The lowest BCUT2D eigenvalue weighted by Crippen LogP contribution is -2.27. The number of benzene rings is 2. The first kappa shape index (κ1) is 20.4. The summed E-state index contributed by atoms with van der Waals surface area (Å²) in [5.41, 5.74) is 5.72. The molecule has 5 nitrogen and oxygen atoms in total. The molecule has 0 spiro atoms. The number of ether oxygens (including phenoxy) is 1. The van der Waals surface area contributed by atoms with Gasteiger partial charge in [0.1, 0.15) is 0 Å². The highest BCUT2D eigenvalue weighted by molar-refractivity contribution is 6.02. The minimum Gasteiger partial charge on any atom is -0.465 e. The van der Waals surface area contributed by atoms with Crippen LogP contribution >= 0.6 is 0 Å². The Hall–Kier alpha value is -2.95. The van der Waals surface area contributed by atoms with Crippen LogP contribution in [0, 0.1) is 5.92 Å². The molecule has 0 unspecified atom stereocenters. The first-order valence-corrected chi connectivity index (χ1v) is 9.23. The van der Waals surface area contributed by atoms with E-state index >= 15 is 0 Å². The van der Waals surface area contributed by atoms with Gasteiger partial charge < -0.3 is 4.74 Å². The quantitative estimate of drug-likeness (QED) is 0.427.